The molecule has 0 saturated heterocycles. The molecule has 4 heteroatoms. The molecule has 0 unspecified atom stereocenters. The third-order valence-corrected chi connectivity index (χ3v) is 7.68. The number of Topliss-reactive ketones (excluding diaryl/α,β-unsaturated/α-hetero) is 1. The first-order valence-corrected chi connectivity index (χ1v) is 10.0. The number of hydrogen-bond acceptors (Lipinski definition) is 3. The van der Waals surface area contributed by atoms with Crippen LogP contribution < -0.4 is 0 Å². The number of carbonyl (C=O) groups excluding carboxylic acids is 1. The van der Waals surface area contributed by atoms with E-state index in [0.717, 1.165) is 5.56 Å². The minimum absolute atomic E-state index is 0.195. The maximum absolute atomic E-state index is 13.5. The second-order valence-corrected chi connectivity index (χ2v) is 10.2. The fourth-order valence-electron chi connectivity index (χ4n) is 3.68. The van der Waals surface area contributed by atoms with Gasteiger partial charge >= 0.3 is 0 Å². The molecule has 1 fully saturated rings. The van der Waals surface area contributed by atoms with E-state index in [9.17, 15) is 13.2 Å². The lowest BCUT2D eigenvalue weighted by molar-refractivity contribution is 0.0962. The van der Waals surface area contributed by atoms with E-state index in [-0.39, 0.29) is 22.0 Å². The minimum atomic E-state index is -3.77. The highest BCUT2D eigenvalue weighted by atomic mass is 32.2. The van der Waals surface area contributed by atoms with Crippen molar-refractivity contribution in [2.75, 3.05) is 0 Å². The predicted octanol–water partition coefficient (Wildman–Crippen LogP) is 4.46. The normalized spacial score (nSPS) is 23.3. The molecule has 0 N–H and O–H groups in total. The highest BCUT2D eigenvalue weighted by molar-refractivity contribution is 7.94. The van der Waals surface area contributed by atoms with Crippen LogP contribution in [0.1, 0.15) is 43.1 Å². The highest BCUT2D eigenvalue weighted by Crippen LogP contribution is 2.61. The molecule has 1 aliphatic rings. The Morgan fingerprint density at radius 3 is 2.04 bits per heavy atom. The van der Waals surface area contributed by atoms with Gasteiger partial charge in [0.1, 0.15) is 4.75 Å². The Morgan fingerprint density at radius 1 is 1.00 bits per heavy atom. The van der Waals surface area contributed by atoms with Crippen LogP contribution in [0.3, 0.4) is 0 Å². The average molecular weight is 356 g/mol. The molecule has 1 aliphatic carbocycles. The molecular formula is C21H24O3S. The van der Waals surface area contributed by atoms with Crippen LogP contribution in [0.5, 0.6) is 0 Å². The molecule has 0 spiro atoms. The minimum Gasteiger partial charge on any atom is -0.292 e. The van der Waals surface area contributed by atoms with Crippen molar-refractivity contribution in [2.45, 2.75) is 43.8 Å². The summed E-state index contributed by atoms with van der Waals surface area (Å²) in [6.07, 6.45) is 0.375. The average Bonchev–Trinajstić information content (AvgIpc) is 3.33. The molecule has 0 amide bonds. The lowest BCUT2D eigenvalue weighted by atomic mass is 9.87. The number of hydrogen-bond donors (Lipinski definition) is 0. The summed E-state index contributed by atoms with van der Waals surface area (Å²) in [7, 11) is -3.77. The van der Waals surface area contributed by atoms with Crippen LogP contribution in [0.15, 0.2) is 59.5 Å². The zero-order valence-electron chi connectivity index (χ0n) is 15.1. The number of ketones is 1. The maximum atomic E-state index is 13.5. The summed E-state index contributed by atoms with van der Waals surface area (Å²) in [5.41, 5.74) is 1.19. The van der Waals surface area contributed by atoms with E-state index >= 15 is 0 Å². The highest BCUT2D eigenvalue weighted by Gasteiger charge is 2.71. The number of rotatable bonds is 4. The molecule has 0 aliphatic heterocycles. The Kier molecular flexibility index (Phi) is 4.15. The second kappa shape index (κ2) is 5.80. The van der Waals surface area contributed by atoms with E-state index in [2.05, 4.69) is 0 Å². The van der Waals surface area contributed by atoms with E-state index in [0.29, 0.717) is 12.0 Å². The predicted molar refractivity (Wildman–Crippen MR) is 99.4 cm³/mol. The number of benzene rings is 2. The molecule has 0 aromatic heterocycles. The first kappa shape index (κ1) is 17.9. The first-order chi connectivity index (χ1) is 11.6. The largest absolute Gasteiger partial charge is 0.292 e. The molecular weight excluding hydrogens is 332 g/mol. The van der Waals surface area contributed by atoms with Crippen molar-refractivity contribution in [3.8, 4) is 0 Å². The van der Waals surface area contributed by atoms with Crippen molar-refractivity contribution in [3.05, 3.63) is 65.7 Å². The van der Waals surface area contributed by atoms with E-state index in [4.69, 9.17) is 0 Å². The maximum Gasteiger partial charge on any atom is 0.191 e. The van der Waals surface area contributed by atoms with Gasteiger partial charge in [0, 0.05) is 5.56 Å². The lowest BCUT2D eigenvalue weighted by Crippen LogP contribution is -2.38. The lowest BCUT2D eigenvalue weighted by Gasteiger charge is -2.24. The Bertz CT molecular complexity index is 890. The molecule has 2 aromatic carbocycles. The number of carbonyl (C=O) groups is 1. The third kappa shape index (κ3) is 2.82. The van der Waals surface area contributed by atoms with Gasteiger partial charge in [-0.2, -0.15) is 0 Å². The molecule has 0 bridgehead atoms. The van der Waals surface area contributed by atoms with Crippen molar-refractivity contribution in [1.82, 2.24) is 0 Å². The van der Waals surface area contributed by atoms with Crippen molar-refractivity contribution in [1.29, 1.82) is 0 Å². The number of sulfone groups is 1. The van der Waals surface area contributed by atoms with Gasteiger partial charge in [-0.25, -0.2) is 8.42 Å². The van der Waals surface area contributed by atoms with E-state index in [1.54, 1.807) is 48.5 Å². The molecule has 0 heterocycles. The Hall–Kier alpha value is -1.94. The van der Waals surface area contributed by atoms with Crippen LogP contribution in [0.2, 0.25) is 0 Å². The van der Waals surface area contributed by atoms with Gasteiger partial charge in [-0.05, 0) is 36.8 Å². The summed E-state index contributed by atoms with van der Waals surface area (Å²) < 4.78 is 25.6. The summed E-state index contributed by atoms with van der Waals surface area (Å²) in [6, 6.07) is 15.6. The van der Waals surface area contributed by atoms with Crippen LogP contribution in [0, 0.1) is 18.3 Å². The molecule has 2 atom stereocenters. The fourth-order valence-corrected chi connectivity index (χ4v) is 6.07. The third-order valence-electron chi connectivity index (χ3n) is 5.19. The smallest absolute Gasteiger partial charge is 0.191 e. The molecule has 1 saturated carbocycles. The van der Waals surface area contributed by atoms with Crippen LogP contribution in [-0.2, 0) is 9.84 Å². The molecule has 132 valence electrons. The van der Waals surface area contributed by atoms with Crippen LogP contribution in [0.25, 0.3) is 0 Å². The first-order valence-electron chi connectivity index (χ1n) is 8.52. The standard InChI is InChI=1S/C21H24O3S/c1-15-10-12-17(13-11-15)25(23,24)21(14-18(21)20(2,3)4)19(22)16-8-6-5-7-9-16/h5-13,18H,14H2,1-4H3/t18-,21+/m1/s1. The quantitative estimate of drug-likeness (QED) is 0.760. The van der Waals surface area contributed by atoms with Crippen LogP contribution >= 0.6 is 0 Å². The summed E-state index contributed by atoms with van der Waals surface area (Å²) in [5, 5.41) is 0. The zero-order valence-corrected chi connectivity index (χ0v) is 15.9. The van der Waals surface area contributed by atoms with Crippen LogP contribution in [0.4, 0.5) is 0 Å². The summed E-state index contributed by atoms with van der Waals surface area (Å²) >= 11 is 0. The monoisotopic (exact) mass is 356 g/mol. The van der Waals surface area contributed by atoms with Gasteiger partial charge in [0.25, 0.3) is 0 Å². The van der Waals surface area contributed by atoms with Crippen molar-refractivity contribution in [2.24, 2.45) is 11.3 Å². The zero-order chi connectivity index (χ0) is 18.5. The van der Waals surface area contributed by atoms with Gasteiger partial charge in [-0.3, -0.25) is 4.79 Å². The molecule has 3 rings (SSSR count). The van der Waals surface area contributed by atoms with Crippen molar-refractivity contribution >= 4 is 15.6 Å². The molecule has 0 radical (unpaired) electrons. The summed E-state index contributed by atoms with van der Waals surface area (Å²) in [5.74, 6) is -0.479. The second-order valence-electron chi connectivity index (χ2n) is 8.02. The van der Waals surface area contributed by atoms with Gasteiger partial charge in [0.2, 0.25) is 0 Å². The number of aryl methyl sites for hydroxylation is 1. The molecule has 2 aromatic rings. The molecule has 3 nitrogen and oxygen atoms in total. The van der Waals surface area contributed by atoms with Crippen LogP contribution in [-0.4, -0.2) is 18.9 Å². The Morgan fingerprint density at radius 2 is 1.56 bits per heavy atom. The van der Waals surface area contributed by atoms with Gasteiger partial charge in [0.15, 0.2) is 15.6 Å². The SMILES string of the molecule is Cc1ccc(S(=O)(=O)[C@@]2(C(=O)c3ccccc3)C[C@@H]2C(C)(C)C)cc1. The van der Waals surface area contributed by atoms with Crippen molar-refractivity contribution in [3.63, 3.8) is 0 Å². The van der Waals surface area contributed by atoms with Crippen molar-refractivity contribution < 1.29 is 13.2 Å². The van der Waals surface area contributed by atoms with E-state index in [1.807, 2.05) is 33.8 Å². The van der Waals surface area contributed by atoms with Gasteiger partial charge in [-0.1, -0.05) is 68.8 Å². The van der Waals surface area contributed by atoms with E-state index < -0.39 is 14.6 Å². The van der Waals surface area contributed by atoms with Gasteiger partial charge < -0.3 is 0 Å². The topological polar surface area (TPSA) is 51.2 Å². The molecule has 25 heavy (non-hydrogen) atoms. The summed E-state index contributed by atoms with van der Waals surface area (Å²) in [4.78, 5) is 13.5. The van der Waals surface area contributed by atoms with Gasteiger partial charge in [-0.15, -0.1) is 0 Å². The Balaban J connectivity index is 2.14. The fraction of sp³-hybridized carbons (Fsp3) is 0.381. The van der Waals surface area contributed by atoms with E-state index in [1.165, 1.54) is 0 Å². The van der Waals surface area contributed by atoms with Gasteiger partial charge in [0.05, 0.1) is 4.90 Å². The summed E-state index contributed by atoms with van der Waals surface area (Å²) in [6.45, 7) is 7.92. The Labute approximate surface area is 150 Å².